The minimum atomic E-state index is 0.400. The molecule has 0 radical (unpaired) electrons. The van der Waals surface area contributed by atoms with Gasteiger partial charge in [0.2, 0.25) is 0 Å². The summed E-state index contributed by atoms with van der Waals surface area (Å²) in [6.45, 7) is 0. The van der Waals surface area contributed by atoms with Crippen molar-refractivity contribution in [2.24, 2.45) is 0 Å². The van der Waals surface area contributed by atoms with Crippen LogP contribution in [0.4, 0.5) is 0 Å². The van der Waals surface area contributed by atoms with Crippen molar-refractivity contribution >= 4 is 39.1 Å². The first-order chi connectivity index (χ1) is 7.15. The van der Waals surface area contributed by atoms with Crippen LogP contribution in [0.25, 0.3) is 11.1 Å². The van der Waals surface area contributed by atoms with E-state index >= 15 is 0 Å². The van der Waals surface area contributed by atoms with Crippen LogP contribution in [0.5, 0.6) is 0 Å². The van der Waals surface area contributed by atoms with Gasteiger partial charge in [-0.05, 0) is 35.4 Å². The summed E-state index contributed by atoms with van der Waals surface area (Å²) in [6, 6.07) is 11.5. The SMILES string of the molecule is Clc1cc(-c2cccc(Br)c2)cc(Cl)n1. The number of nitrogens with zero attached hydrogens (tertiary/aromatic N) is 1. The summed E-state index contributed by atoms with van der Waals surface area (Å²) in [6.07, 6.45) is 0. The number of pyridine rings is 1. The molecule has 0 aliphatic heterocycles. The lowest BCUT2D eigenvalue weighted by molar-refractivity contribution is 1.33. The van der Waals surface area contributed by atoms with Crippen LogP contribution in [0.2, 0.25) is 10.3 Å². The molecule has 1 heterocycles. The molecule has 76 valence electrons. The Hall–Kier alpha value is -0.570. The highest BCUT2D eigenvalue weighted by Crippen LogP contribution is 2.26. The summed E-state index contributed by atoms with van der Waals surface area (Å²) >= 11 is 15.1. The second-order valence-corrected chi connectivity index (χ2v) is 4.70. The molecule has 0 aliphatic rings. The van der Waals surface area contributed by atoms with Gasteiger partial charge >= 0.3 is 0 Å². The number of hydrogen-bond acceptors (Lipinski definition) is 1. The molecule has 0 spiro atoms. The van der Waals surface area contributed by atoms with Crippen LogP contribution < -0.4 is 0 Å². The van der Waals surface area contributed by atoms with Gasteiger partial charge in [-0.1, -0.05) is 51.3 Å². The van der Waals surface area contributed by atoms with E-state index in [4.69, 9.17) is 23.2 Å². The Bertz CT molecular complexity index is 479. The number of halogens is 3. The molecule has 15 heavy (non-hydrogen) atoms. The molecule has 0 bridgehead atoms. The molecular formula is C11H6BrCl2N. The number of hydrogen-bond donors (Lipinski definition) is 0. The van der Waals surface area contributed by atoms with Gasteiger partial charge in [0.05, 0.1) is 0 Å². The van der Waals surface area contributed by atoms with E-state index in [-0.39, 0.29) is 0 Å². The van der Waals surface area contributed by atoms with Gasteiger partial charge in [0.1, 0.15) is 10.3 Å². The van der Waals surface area contributed by atoms with E-state index in [1.54, 1.807) is 12.1 Å². The van der Waals surface area contributed by atoms with Crippen molar-refractivity contribution in [2.45, 2.75) is 0 Å². The number of aromatic nitrogens is 1. The van der Waals surface area contributed by atoms with Crippen LogP contribution in [0.1, 0.15) is 0 Å². The smallest absolute Gasteiger partial charge is 0.131 e. The maximum atomic E-state index is 5.83. The van der Waals surface area contributed by atoms with E-state index < -0.39 is 0 Å². The molecule has 4 heteroatoms. The van der Waals surface area contributed by atoms with Gasteiger partial charge in [-0.2, -0.15) is 0 Å². The summed E-state index contributed by atoms with van der Waals surface area (Å²) in [5.74, 6) is 0. The Kier molecular flexibility index (Phi) is 3.29. The van der Waals surface area contributed by atoms with E-state index in [9.17, 15) is 0 Å². The Labute approximate surface area is 106 Å². The highest BCUT2D eigenvalue weighted by Gasteiger charge is 2.02. The molecule has 1 aromatic carbocycles. The molecule has 0 unspecified atom stereocenters. The van der Waals surface area contributed by atoms with E-state index in [1.165, 1.54) is 0 Å². The van der Waals surface area contributed by atoms with Crippen LogP contribution in [0, 0.1) is 0 Å². The standard InChI is InChI=1S/C11H6BrCl2N/c12-9-3-1-2-7(4-9)8-5-10(13)15-11(14)6-8/h1-6H. The monoisotopic (exact) mass is 301 g/mol. The topological polar surface area (TPSA) is 12.9 Å². The molecule has 0 saturated heterocycles. The highest BCUT2D eigenvalue weighted by atomic mass is 79.9. The molecule has 0 fully saturated rings. The first kappa shape index (κ1) is 10.9. The molecule has 0 saturated carbocycles. The van der Waals surface area contributed by atoms with Gasteiger partial charge in [0.15, 0.2) is 0 Å². The zero-order valence-corrected chi connectivity index (χ0v) is 10.6. The van der Waals surface area contributed by atoms with E-state index in [2.05, 4.69) is 20.9 Å². The second kappa shape index (κ2) is 4.52. The second-order valence-electron chi connectivity index (χ2n) is 3.01. The molecule has 0 atom stereocenters. The molecule has 1 nitrogen and oxygen atoms in total. The first-order valence-corrected chi connectivity index (χ1v) is 5.79. The van der Waals surface area contributed by atoms with E-state index in [0.717, 1.165) is 15.6 Å². The summed E-state index contributed by atoms with van der Waals surface area (Å²) in [4.78, 5) is 3.90. The van der Waals surface area contributed by atoms with Crippen LogP contribution in [-0.2, 0) is 0 Å². The maximum absolute atomic E-state index is 5.83. The highest BCUT2D eigenvalue weighted by molar-refractivity contribution is 9.10. The van der Waals surface area contributed by atoms with Gasteiger partial charge in [-0.15, -0.1) is 0 Å². The minimum Gasteiger partial charge on any atom is -0.224 e. The van der Waals surface area contributed by atoms with Gasteiger partial charge < -0.3 is 0 Å². The van der Waals surface area contributed by atoms with Crippen molar-refractivity contribution in [2.75, 3.05) is 0 Å². The minimum absolute atomic E-state index is 0.400. The van der Waals surface area contributed by atoms with E-state index in [0.29, 0.717) is 10.3 Å². The average molecular weight is 303 g/mol. The lowest BCUT2D eigenvalue weighted by Gasteiger charge is -2.03. The first-order valence-electron chi connectivity index (χ1n) is 4.24. The zero-order chi connectivity index (χ0) is 10.8. The third-order valence-electron chi connectivity index (χ3n) is 1.92. The molecular weight excluding hydrogens is 297 g/mol. The summed E-state index contributed by atoms with van der Waals surface area (Å²) in [7, 11) is 0. The third-order valence-corrected chi connectivity index (χ3v) is 2.80. The number of benzene rings is 1. The van der Waals surface area contributed by atoms with Crippen molar-refractivity contribution in [1.29, 1.82) is 0 Å². The van der Waals surface area contributed by atoms with Gasteiger partial charge in [-0.3, -0.25) is 0 Å². The molecule has 0 amide bonds. The van der Waals surface area contributed by atoms with Crippen molar-refractivity contribution in [3.05, 3.63) is 51.2 Å². The number of rotatable bonds is 1. The maximum Gasteiger partial charge on any atom is 0.131 e. The van der Waals surface area contributed by atoms with Crippen LogP contribution in [0.3, 0.4) is 0 Å². The average Bonchev–Trinajstić information content (AvgIpc) is 2.16. The fourth-order valence-corrected chi connectivity index (χ4v) is 2.16. The van der Waals surface area contributed by atoms with Crippen LogP contribution >= 0.6 is 39.1 Å². The van der Waals surface area contributed by atoms with Gasteiger partial charge in [0.25, 0.3) is 0 Å². The summed E-state index contributed by atoms with van der Waals surface area (Å²) < 4.78 is 1.02. The molecule has 1 aromatic heterocycles. The van der Waals surface area contributed by atoms with Crippen molar-refractivity contribution in [1.82, 2.24) is 4.98 Å². The Morgan fingerprint density at radius 2 is 1.60 bits per heavy atom. The largest absolute Gasteiger partial charge is 0.224 e. The normalized spacial score (nSPS) is 10.3. The van der Waals surface area contributed by atoms with Crippen molar-refractivity contribution < 1.29 is 0 Å². The Morgan fingerprint density at radius 3 is 2.20 bits per heavy atom. The van der Waals surface area contributed by atoms with Gasteiger partial charge in [-0.25, -0.2) is 4.98 Å². The van der Waals surface area contributed by atoms with Crippen LogP contribution in [-0.4, -0.2) is 4.98 Å². The predicted molar refractivity (Wildman–Crippen MR) is 67.4 cm³/mol. The van der Waals surface area contributed by atoms with Crippen molar-refractivity contribution in [3.63, 3.8) is 0 Å². The third kappa shape index (κ3) is 2.71. The molecule has 0 N–H and O–H groups in total. The predicted octanol–water partition coefficient (Wildman–Crippen LogP) is 4.82. The van der Waals surface area contributed by atoms with E-state index in [1.807, 2.05) is 24.3 Å². The zero-order valence-electron chi connectivity index (χ0n) is 7.55. The molecule has 2 aromatic rings. The summed E-state index contributed by atoms with van der Waals surface area (Å²) in [5, 5.41) is 0.801. The lowest BCUT2D eigenvalue weighted by Crippen LogP contribution is -1.82. The Balaban J connectivity index is 2.54. The molecule has 0 aliphatic carbocycles. The Morgan fingerprint density at radius 1 is 0.933 bits per heavy atom. The van der Waals surface area contributed by atoms with Crippen molar-refractivity contribution in [3.8, 4) is 11.1 Å². The summed E-state index contributed by atoms with van der Waals surface area (Å²) in [5.41, 5.74) is 2.01. The molecule has 2 rings (SSSR count). The lowest BCUT2D eigenvalue weighted by atomic mass is 10.1. The quantitative estimate of drug-likeness (QED) is 0.688. The fourth-order valence-electron chi connectivity index (χ4n) is 1.30. The van der Waals surface area contributed by atoms with Gasteiger partial charge in [0, 0.05) is 4.47 Å². The fraction of sp³-hybridized carbons (Fsp3) is 0. The van der Waals surface area contributed by atoms with Crippen LogP contribution in [0.15, 0.2) is 40.9 Å².